The fourth-order valence-electron chi connectivity index (χ4n) is 1.39. The third kappa shape index (κ3) is 8.69. The zero-order valence-electron chi connectivity index (χ0n) is 13.1. The van der Waals surface area contributed by atoms with Crippen LogP contribution in [0.2, 0.25) is 0 Å². The van der Waals surface area contributed by atoms with E-state index in [0.717, 1.165) is 0 Å². The van der Waals surface area contributed by atoms with Gasteiger partial charge in [0.2, 0.25) is 0 Å². The lowest BCUT2D eigenvalue weighted by Crippen LogP contribution is -2.25. The van der Waals surface area contributed by atoms with Crippen LogP contribution in [0, 0.1) is 5.41 Å². The van der Waals surface area contributed by atoms with Crippen molar-refractivity contribution in [2.24, 2.45) is 5.41 Å². The Morgan fingerprint density at radius 2 is 1.75 bits per heavy atom. The van der Waals surface area contributed by atoms with Crippen LogP contribution in [0.15, 0.2) is 12.2 Å². The molecule has 0 aliphatic heterocycles. The van der Waals surface area contributed by atoms with Gasteiger partial charge in [0.05, 0.1) is 13.2 Å². The highest BCUT2D eigenvalue weighted by Crippen LogP contribution is 2.22. The highest BCUT2D eigenvalue weighted by Gasteiger charge is 2.18. The summed E-state index contributed by atoms with van der Waals surface area (Å²) >= 11 is 0. The first-order valence-corrected chi connectivity index (χ1v) is 6.96. The molecule has 0 aromatic heterocycles. The number of allylic oxidation sites excluding steroid dienone is 1. The van der Waals surface area contributed by atoms with Gasteiger partial charge in [-0.2, -0.15) is 0 Å². The van der Waals surface area contributed by atoms with E-state index in [0.29, 0.717) is 26.2 Å². The standard InChI is InChI=1S/C15H26O5/c1-6-18-13(16)8-9-15(4,5)10-11-20-12(3)14(17)19-7-2/h8-9,12H,6-7,10-11H2,1-5H3/b9-8+. The molecule has 1 unspecified atom stereocenters. The highest BCUT2D eigenvalue weighted by atomic mass is 16.6. The van der Waals surface area contributed by atoms with Gasteiger partial charge in [-0.25, -0.2) is 9.59 Å². The number of ether oxygens (including phenoxy) is 3. The monoisotopic (exact) mass is 286 g/mol. The van der Waals surface area contributed by atoms with Crippen LogP contribution in [0.4, 0.5) is 0 Å². The molecule has 0 spiro atoms. The molecule has 0 aliphatic carbocycles. The lowest BCUT2D eigenvalue weighted by atomic mass is 9.89. The average Bonchev–Trinajstić information content (AvgIpc) is 2.37. The largest absolute Gasteiger partial charge is 0.464 e. The van der Waals surface area contributed by atoms with Crippen molar-refractivity contribution in [3.63, 3.8) is 0 Å². The minimum atomic E-state index is -0.570. The molecule has 0 saturated heterocycles. The molecule has 0 rings (SSSR count). The normalized spacial score (nSPS) is 13.2. The number of esters is 2. The molecule has 0 N–H and O–H groups in total. The summed E-state index contributed by atoms with van der Waals surface area (Å²) in [6, 6.07) is 0. The first kappa shape index (κ1) is 18.6. The van der Waals surface area contributed by atoms with Gasteiger partial charge in [0.1, 0.15) is 0 Å². The Hall–Kier alpha value is -1.36. The minimum Gasteiger partial charge on any atom is -0.464 e. The number of rotatable bonds is 9. The Kier molecular flexibility index (Phi) is 8.88. The Balaban J connectivity index is 4.09. The molecule has 5 heteroatoms. The molecule has 0 radical (unpaired) electrons. The Morgan fingerprint density at radius 3 is 2.30 bits per heavy atom. The van der Waals surface area contributed by atoms with Crippen LogP contribution in [-0.4, -0.2) is 37.9 Å². The molecule has 1 atom stereocenters. The van der Waals surface area contributed by atoms with Crippen molar-refractivity contribution in [1.29, 1.82) is 0 Å². The summed E-state index contributed by atoms with van der Waals surface area (Å²) in [7, 11) is 0. The molecule has 0 bridgehead atoms. The lowest BCUT2D eigenvalue weighted by Gasteiger charge is -2.21. The molecular weight excluding hydrogens is 260 g/mol. The van der Waals surface area contributed by atoms with E-state index in [9.17, 15) is 9.59 Å². The molecule has 20 heavy (non-hydrogen) atoms. The summed E-state index contributed by atoms with van der Waals surface area (Å²) in [5, 5.41) is 0. The predicted octanol–water partition coefficient (Wildman–Crippen LogP) is 2.49. The zero-order chi connectivity index (χ0) is 15.6. The van der Waals surface area contributed by atoms with E-state index in [1.807, 2.05) is 13.8 Å². The van der Waals surface area contributed by atoms with Crippen molar-refractivity contribution in [3.05, 3.63) is 12.2 Å². The molecule has 0 aliphatic rings. The Labute approximate surface area is 121 Å². The summed E-state index contributed by atoms with van der Waals surface area (Å²) < 4.78 is 15.1. The van der Waals surface area contributed by atoms with Gasteiger partial charge in [0.15, 0.2) is 6.10 Å². The van der Waals surface area contributed by atoms with Crippen LogP contribution in [0.3, 0.4) is 0 Å². The van der Waals surface area contributed by atoms with Gasteiger partial charge in [-0.05, 0) is 32.6 Å². The van der Waals surface area contributed by atoms with Gasteiger partial charge in [0.25, 0.3) is 0 Å². The van der Waals surface area contributed by atoms with E-state index in [4.69, 9.17) is 14.2 Å². The number of carbonyl (C=O) groups is 2. The quantitative estimate of drug-likeness (QED) is 0.481. The summed E-state index contributed by atoms with van der Waals surface area (Å²) in [5.74, 6) is -0.700. The van der Waals surface area contributed by atoms with Crippen molar-refractivity contribution in [2.75, 3.05) is 19.8 Å². The van der Waals surface area contributed by atoms with Gasteiger partial charge >= 0.3 is 11.9 Å². The van der Waals surface area contributed by atoms with E-state index >= 15 is 0 Å². The minimum absolute atomic E-state index is 0.207. The van der Waals surface area contributed by atoms with Crippen molar-refractivity contribution < 1.29 is 23.8 Å². The SMILES string of the molecule is CCOC(=O)/C=C/C(C)(C)CCOC(C)C(=O)OCC. The maximum absolute atomic E-state index is 11.4. The van der Waals surface area contributed by atoms with E-state index in [-0.39, 0.29) is 17.4 Å². The van der Waals surface area contributed by atoms with Crippen LogP contribution < -0.4 is 0 Å². The fraction of sp³-hybridized carbons (Fsp3) is 0.733. The van der Waals surface area contributed by atoms with E-state index in [1.165, 1.54) is 6.08 Å². The molecule has 0 amide bonds. The number of hydrogen-bond acceptors (Lipinski definition) is 5. The number of hydrogen-bond donors (Lipinski definition) is 0. The van der Waals surface area contributed by atoms with Crippen LogP contribution in [-0.2, 0) is 23.8 Å². The van der Waals surface area contributed by atoms with Gasteiger partial charge < -0.3 is 14.2 Å². The summed E-state index contributed by atoms with van der Waals surface area (Å²) in [6.45, 7) is 10.3. The fourth-order valence-corrected chi connectivity index (χ4v) is 1.39. The second-order valence-corrected chi connectivity index (χ2v) is 5.09. The molecular formula is C15H26O5. The summed E-state index contributed by atoms with van der Waals surface area (Å²) in [5.41, 5.74) is -0.207. The molecule has 5 nitrogen and oxygen atoms in total. The maximum Gasteiger partial charge on any atom is 0.334 e. The average molecular weight is 286 g/mol. The van der Waals surface area contributed by atoms with Crippen LogP contribution >= 0.6 is 0 Å². The second kappa shape index (κ2) is 9.53. The van der Waals surface area contributed by atoms with Gasteiger partial charge in [-0.1, -0.05) is 19.9 Å². The second-order valence-electron chi connectivity index (χ2n) is 5.09. The maximum atomic E-state index is 11.4. The molecule has 0 heterocycles. The van der Waals surface area contributed by atoms with Crippen molar-refractivity contribution in [3.8, 4) is 0 Å². The van der Waals surface area contributed by atoms with E-state index in [2.05, 4.69) is 0 Å². The smallest absolute Gasteiger partial charge is 0.334 e. The Bertz CT molecular complexity index is 333. The number of carbonyl (C=O) groups excluding carboxylic acids is 2. The van der Waals surface area contributed by atoms with Crippen LogP contribution in [0.1, 0.15) is 41.0 Å². The van der Waals surface area contributed by atoms with Crippen LogP contribution in [0.5, 0.6) is 0 Å². The third-order valence-electron chi connectivity index (χ3n) is 2.69. The molecule has 0 aromatic carbocycles. The first-order valence-electron chi connectivity index (χ1n) is 6.96. The summed E-state index contributed by atoms with van der Waals surface area (Å²) in [4.78, 5) is 22.6. The van der Waals surface area contributed by atoms with Crippen LogP contribution in [0.25, 0.3) is 0 Å². The van der Waals surface area contributed by atoms with Gasteiger partial charge in [-0.15, -0.1) is 0 Å². The van der Waals surface area contributed by atoms with Gasteiger partial charge in [-0.3, -0.25) is 0 Å². The molecule has 0 fully saturated rings. The topological polar surface area (TPSA) is 61.8 Å². The highest BCUT2D eigenvalue weighted by molar-refractivity contribution is 5.81. The van der Waals surface area contributed by atoms with Gasteiger partial charge in [0, 0.05) is 12.7 Å². The molecule has 116 valence electrons. The van der Waals surface area contributed by atoms with E-state index < -0.39 is 6.10 Å². The lowest BCUT2D eigenvalue weighted by molar-refractivity contribution is -0.155. The molecule has 0 aromatic rings. The Morgan fingerprint density at radius 1 is 1.15 bits per heavy atom. The third-order valence-corrected chi connectivity index (χ3v) is 2.69. The van der Waals surface area contributed by atoms with Crippen molar-refractivity contribution in [1.82, 2.24) is 0 Å². The van der Waals surface area contributed by atoms with Crippen molar-refractivity contribution >= 4 is 11.9 Å². The predicted molar refractivity (Wildman–Crippen MR) is 76.2 cm³/mol. The van der Waals surface area contributed by atoms with Crippen molar-refractivity contribution in [2.45, 2.75) is 47.1 Å². The molecule has 0 saturated carbocycles. The first-order chi connectivity index (χ1) is 9.32. The zero-order valence-corrected chi connectivity index (χ0v) is 13.1. The van der Waals surface area contributed by atoms with E-state index in [1.54, 1.807) is 26.8 Å². The summed E-state index contributed by atoms with van der Waals surface area (Å²) in [6.07, 6.45) is 3.34.